The summed E-state index contributed by atoms with van der Waals surface area (Å²) in [7, 11) is -3.69. The quantitative estimate of drug-likeness (QED) is 0.537. The molecule has 0 bridgehead atoms. The molecule has 32 heavy (non-hydrogen) atoms. The molecule has 1 aliphatic rings. The summed E-state index contributed by atoms with van der Waals surface area (Å²) in [6.45, 7) is 9.08. The van der Waals surface area contributed by atoms with Gasteiger partial charge in [-0.05, 0) is 68.0 Å². The minimum absolute atomic E-state index is 0.0180. The standard InChI is InChI=1S/C24H31ClN2O3S2/c1-5-18(4)26-24(28)22-13-21(32(29,30)27-14-16(2)11-17(3)15-27)9-10-23(22)31-20-8-6-7-19(25)12-20/h6-10,12-13,16-18H,5,11,14-15H2,1-4H3,(H,26,28)/t16-,17+,18-/m0/s1. The molecule has 0 spiro atoms. The zero-order valence-corrected chi connectivity index (χ0v) is 21.4. The maximum atomic E-state index is 13.4. The van der Waals surface area contributed by atoms with Crippen molar-refractivity contribution in [1.82, 2.24) is 9.62 Å². The predicted molar refractivity (Wildman–Crippen MR) is 131 cm³/mol. The van der Waals surface area contributed by atoms with Gasteiger partial charge in [0.2, 0.25) is 10.0 Å². The van der Waals surface area contributed by atoms with E-state index < -0.39 is 10.0 Å². The summed E-state index contributed by atoms with van der Waals surface area (Å²) in [6, 6.07) is 12.2. The van der Waals surface area contributed by atoms with E-state index in [4.69, 9.17) is 11.6 Å². The molecule has 1 aliphatic heterocycles. The maximum absolute atomic E-state index is 13.4. The Morgan fingerprint density at radius 2 is 1.88 bits per heavy atom. The van der Waals surface area contributed by atoms with Crippen LogP contribution in [0.2, 0.25) is 5.02 Å². The Morgan fingerprint density at radius 3 is 2.50 bits per heavy atom. The van der Waals surface area contributed by atoms with Crippen molar-refractivity contribution >= 4 is 39.3 Å². The molecule has 0 radical (unpaired) electrons. The van der Waals surface area contributed by atoms with Gasteiger partial charge in [-0.3, -0.25) is 4.79 Å². The fourth-order valence-electron chi connectivity index (χ4n) is 3.95. The normalized spacial score (nSPS) is 20.7. The Morgan fingerprint density at radius 1 is 1.19 bits per heavy atom. The van der Waals surface area contributed by atoms with Crippen LogP contribution in [0.4, 0.5) is 0 Å². The molecule has 0 saturated carbocycles. The summed E-state index contributed by atoms with van der Waals surface area (Å²) >= 11 is 7.51. The van der Waals surface area contributed by atoms with Gasteiger partial charge in [0.15, 0.2) is 0 Å². The largest absolute Gasteiger partial charge is 0.350 e. The molecular weight excluding hydrogens is 464 g/mol. The lowest BCUT2D eigenvalue weighted by Gasteiger charge is -2.34. The van der Waals surface area contributed by atoms with E-state index in [0.29, 0.717) is 40.4 Å². The van der Waals surface area contributed by atoms with E-state index in [2.05, 4.69) is 19.2 Å². The van der Waals surface area contributed by atoms with Crippen LogP contribution in [-0.4, -0.2) is 37.8 Å². The van der Waals surface area contributed by atoms with E-state index in [9.17, 15) is 13.2 Å². The number of rotatable bonds is 7. The van der Waals surface area contributed by atoms with Crippen molar-refractivity contribution in [3.05, 3.63) is 53.1 Å². The SMILES string of the molecule is CC[C@H](C)NC(=O)c1cc(S(=O)(=O)N2C[C@H](C)C[C@H](C)C2)ccc1Sc1cccc(Cl)c1. The second-order valence-corrected chi connectivity index (χ2v) is 12.3. The van der Waals surface area contributed by atoms with E-state index in [1.54, 1.807) is 22.5 Å². The molecule has 5 nitrogen and oxygen atoms in total. The molecule has 0 unspecified atom stereocenters. The molecule has 2 aromatic rings. The van der Waals surface area contributed by atoms with E-state index in [-0.39, 0.29) is 16.8 Å². The van der Waals surface area contributed by atoms with Crippen molar-refractivity contribution < 1.29 is 13.2 Å². The van der Waals surface area contributed by atoms with Crippen molar-refractivity contribution in [2.24, 2.45) is 11.8 Å². The molecule has 1 N–H and O–H groups in total. The van der Waals surface area contributed by atoms with Crippen molar-refractivity contribution in [1.29, 1.82) is 0 Å². The minimum Gasteiger partial charge on any atom is -0.350 e. The number of nitrogens with zero attached hydrogens (tertiary/aromatic N) is 1. The van der Waals surface area contributed by atoms with E-state index in [1.807, 2.05) is 32.0 Å². The van der Waals surface area contributed by atoms with Gasteiger partial charge in [0.1, 0.15) is 0 Å². The number of nitrogens with one attached hydrogen (secondary N) is 1. The maximum Gasteiger partial charge on any atom is 0.252 e. The van der Waals surface area contributed by atoms with Gasteiger partial charge in [-0.1, -0.05) is 50.2 Å². The Labute approximate surface area is 201 Å². The minimum atomic E-state index is -3.69. The van der Waals surface area contributed by atoms with E-state index in [0.717, 1.165) is 17.7 Å². The van der Waals surface area contributed by atoms with E-state index in [1.165, 1.54) is 17.8 Å². The number of amides is 1. The molecule has 1 heterocycles. The number of sulfonamides is 1. The molecule has 0 aromatic heterocycles. The van der Waals surface area contributed by atoms with Crippen LogP contribution in [0, 0.1) is 11.8 Å². The lowest BCUT2D eigenvalue weighted by Crippen LogP contribution is -2.42. The monoisotopic (exact) mass is 494 g/mol. The van der Waals surface area contributed by atoms with Crippen LogP contribution in [0.3, 0.4) is 0 Å². The van der Waals surface area contributed by atoms with Crippen molar-refractivity contribution in [3.63, 3.8) is 0 Å². The number of benzene rings is 2. The van der Waals surface area contributed by atoms with Gasteiger partial charge < -0.3 is 5.32 Å². The summed E-state index contributed by atoms with van der Waals surface area (Å²) in [5.74, 6) is 0.333. The topological polar surface area (TPSA) is 66.5 Å². The average molecular weight is 495 g/mol. The van der Waals surface area contributed by atoms with Gasteiger partial charge in [-0.25, -0.2) is 8.42 Å². The highest BCUT2D eigenvalue weighted by Crippen LogP contribution is 2.34. The second-order valence-electron chi connectivity index (χ2n) is 8.77. The zero-order valence-electron chi connectivity index (χ0n) is 19.0. The summed E-state index contributed by atoms with van der Waals surface area (Å²) < 4.78 is 28.4. The lowest BCUT2D eigenvalue weighted by atomic mass is 9.94. The van der Waals surface area contributed by atoms with Crippen LogP contribution in [-0.2, 0) is 10.0 Å². The molecule has 3 atom stereocenters. The first-order valence-corrected chi connectivity index (χ1v) is 13.6. The zero-order chi connectivity index (χ0) is 23.5. The molecule has 1 amide bonds. The summed E-state index contributed by atoms with van der Waals surface area (Å²) in [5, 5.41) is 3.57. The lowest BCUT2D eigenvalue weighted by molar-refractivity contribution is 0.0936. The highest BCUT2D eigenvalue weighted by atomic mass is 35.5. The molecular formula is C24H31ClN2O3S2. The third-order valence-electron chi connectivity index (χ3n) is 5.68. The van der Waals surface area contributed by atoms with Crippen molar-refractivity contribution in [3.8, 4) is 0 Å². The first-order chi connectivity index (χ1) is 15.1. The third kappa shape index (κ3) is 6.07. The number of hydrogen-bond donors (Lipinski definition) is 1. The predicted octanol–water partition coefficient (Wildman–Crippen LogP) is 5.69. The van der Waals surface area contributed by atoms with Gasteiger partial charge in [0.05, 0.1) is 10.5 Å². The number of halogens is 1. The Hall–Kier alpha value is -1.54. The fraction of sp³-hybridized carbons (Fsp3) is 0.458. The Bertz CT molecular complexity index is 1060. The number of carbonyl (C=O) groups is 1. The second kappa shape index (κ2) is 10.6. The van der Waals surface area contributed by atoms with Crippen molar-refractivity contribution in [2.75, 3.05) is 13.1 Å². The van der Waals surface area contributed by atoms with Gasteiger partial charge >= 0.3 is 0 Å². The van der Waals surface area contributed by atoms with Crippen LogP contribution in [0.1, 0.15) is 50.9 Å². The summed E-state index contributed by atoms with van der Waals surface area (Å²) in [6.07, 6.45) is 1.80. The summed E-state index contributed by atoms with van der Waals surface area (Å²) in [5.41, 5.74) is 0.356. The average Bonchev–Trinajstić information content (AvgIpc) is 2.73. The Kier molecular flexibility index (Phi) is 8.31. The van der Waals surface area contributed by atoms with Crippen LogP contribution in [0.15, 0.2) is 57.2 Å². The molecule has 2 aromatic carbocycles. The van der Waals surface area contributed by atoms with Gasteiger partial charge in [0, 0.05) is 33.9 Å². The number of piperidine rings is 1. The molecule has 3 rings (SSSR count). The number of carbonyl (C=O) groups excluding carboxylic acids is 1. The molecule has 1 fully saturated rings. The third-order valence-corrected chi connectivity index (χ3v) is 8.81. The summed E-state index contributed by atoms with van der Waals surface area (Å²) in [4.78, 5) is 14.8. The van der Waals surface area contributed by atoms with Gasteiger partial charge in [0.25, 0.3) is 5.91 Å². The van der Waals surface area contributed by atoms with Crippen molar-refractivity contribution in [2.45, 2.75) is 61.3 Å². The first-order valence-electron chi connectivity index (χ1n) is 11.0. The highest BCUT2D eigenvalue weighted by Gasteiger charge is 2.32. The van der Waals surface area contributed by atoms with Gasteiger partial charge in [-0.2, -0.15) is 4.31 Å². The van der Waals surface area contributed by atoms with Crippen LogP contribution >= 0.6 is 23.4 Å². The van der Waals surface area contributed by atoms with Crippen LogP contribution in [0.25, 0.3) is 0 Å². The van der Waals surface area contributed by atoms with E-state index >= 15 is 0 Å². The Balaban J connectivity index is 1.99. The van der Waals surface area contributed by atoms with Crippen LogP contribution in [0.5, 0.6) is 0 Å². The first kappa shape index (κ1) is 25.1. The molecule has 1 saturated heterocycles. The fourth-order valence-corrected chi connectivity index (χ4v) is 6.89. The molecule has 8 heteroatoms. The highest BCUT2D eigenvalue weighted by molar-refractivity contribution is 7.99. The van der Waals surface area contributed by atoms with Gasteiger partial charge in [-0.15, -0.1) is 0 Å². The molecule has 0 aliphatic carbocycles. The van der Waals surface area contributed by atoms with Crippen LogP contribution < -0.4 is 5.32 Å². The molecule has 174 valence electrons. The smallest absolute Gasteiger partial charge is 0.252 e. The number of hydrogen-bond acceptors (Lipinski definition) is 4.